The van der Waals surface area contributed by atoms with Crippen LogP contribution in [0.1, 0.15) is 41.1 Å². The Balaban J connectivity index is 2.14. The first-order valence-electron chi connectivity index (χ1n) is 6.49. The number of esters is 1. The summed E-state index contributed by atoms with van der Waals surface area (Å²) in [5.41, 5.74) is 0.812. The molecule has 0 aromatic carbocycles. The largest absolute Gasteiger partial charge is 0.464 e. The molecule has 3 heterocycles. The second-order valence-electron chi connectivity index (χ2n) is 4.59. The van der Waals surface area contributed by atoms with Crippen molar-refractivity contribution in [1.29, 1.82) is 0 Å². The van der Waals surface area contributed by atoms with Gasteiger partial charge in [0.2, 0.25) is 5.91 Å². The molecule has 110 valence electrons. The number of methoxy groups -OCH3 is 1. The van der Waals surface area contributed by atoms with Gasteiger partial charge in [-0.1, -0.05) is 0 Å². The van der Waals surface area contributed by atoms with Gasteiger partial charge in [0.15, 0.2) is 5.82 Å². The molecule has 3 rings (SSSR count). The monoisotopic (exact) mass is 290 g/mol. The SMILES string of the molecule is CCn1ncnc1C1CC(=O)Nc2n[nH]c(C(=O)OC)c21. The zero-order valence-electron chi connectivity index (χ0n) is 11.6. The Labute approximate surface area is 119 Å². The van der Waals surface area contributed by atoms with Crippen LogP contribution in [-0.4, -0.2) is 43.9 Å². The van der Waals surface area contributed by atoms with Crippen molar-refractivity contribution >= 4 is 17.7 Å². The number of carbonyl (C=O) groups excluding carboxylic acids is 2. The summed E-state index contributed by atoms with van der Waals surface area (Å²) in [5.74, 6) is -0.139. The molecule has 1 amide bonds. The fraction of sp³-hybridized carbons (Fsp3) is 0.417. The van der Waals surface area contributed by atoms with E-state index in [1.807, 2.05) is 6.92 Å². The summed E-state index contributed by atoms with van der Waals surface area (Å²) in [6.45, 7) is 2.55. The number of ether oxygens (including phenoxy) is 1. The van der Waals surface area contributed by atoms with E-state index in [2.05, 4.69) is 25.6 Å². The molecule has 0 bridgehead atoms. The number of anilines is 1. The van der Waals surface area contributed by atoms with E-state index in [0.717, 1.165) is 0 Å². The Morgan fingerprint density at radius 2 is 2.38 bits per heavy atom. The molecular weight excluding hydrogens is 276 g/mol. The van der Waals surface area contributed by atoms with Gasteiger partial charge >= 0.3 is 5.97 Å². The van der Waals surface area contributed by atoms with Crippen molar-refractivity contribution in [3.8, 4) is 0 Å². The number of hydrogen-bond donors (Lipinski definition) is 2. The van der Waals surface area contributed by atoms with Crippen molar-refractivity contribution < 1.29 is 14.3 Å². The van der Waals surface area contributed by atoms with Crippen molar-refractivity contribution in [2.45, 2.75) is 25.8 Å². The van der Waals surface area contributed by atoms with Crippen LogP contribution in [0.2, 0.25) is 0 Å². The van der Waals surface area contributed by atoms with Crippen molar-refractivity contribution in [2.24, 2.45) is 0 Å². The Hall–Kier alpha value is -2.71. The maximum Gasteiger partial charge on any atom is 0.356 e. The smallest absolute Gasteiger partial charge is 0.356 e. The molecule has 0 aliphatic carbocycles. The lowest BCUT2D eigenvalue weighted by Gasteiger charge is -2.22. The standard InChI is InChI=1S/C12H14N6O3/c1-3-18-11(13-5-14-18)6-4-7(19)15-10-8(6)9(16-17-10)12(20)21-2/h5-6H,3-4H2,1-2H3,(H2,15,16,17,19). The topological polar surface area (TPSA) is 115 Å². The molecule has 1 unspecified atom stereocenters. The van der Waals surface area contributed by atoms with Crippen LogP contribution in [0.3, 0.4) is 0 Å². The summed E-state index contributed by atoms with van der Waals surface area (Å²) >= 11 is 0. The summed E-state index contributed by atoms with van der Waals surface area (Å²) in [5, 5.41) is 13.4. The molecule has 0 saturated carbocycles. The molecule has 0 fully saturated rings. The number of rotatable bonds is 3. The van der Waals surface area contributed by atoms with Gasteiger partial charge in [0.25, 0.3) is 0 Å². The molecule has 0 radical (unpaired) electrons. The number of aryl methyl sites for hydroxylation is 1. The van der Waals surface area contributed by atoms with Gasteiger partial charge in [-0.25, -0.2) is 14.5 Å². The summed E-state index contributed by atoms with van der Waals surface area (Å²) in [4.78, 5) is 27.9. The quantitative estimate of drug-likeness (QED) is 0.785. The van der Waals surface area contributed by atoms with Crippen molar-refractivity contribution in [3.05, 3.63) is 23.4 Å². The van der Waals surface area contributed by atoms with E-state index >= 15 is 0 Å². The molecule has 2 aromatic heterocycles. The van der Waals surface area contributed by atoms with Crippen LogP contribution in [0, 0.1) is 0 Å². The number of H-pyrrole nitrogens is 1. The number of amides is 1. The average molecular weight is 290 g/mol. The van der Waals surface area contributed by atoms with E-state index in [1.165, 1.54) is 13.4 Å². The van der Waals surface area contributed by atoms with Crippen LogP contribution in [0.25, 0.3) is 0 Å². The molecule has 2 aromatic rings. The number of aromatic nitrogens is 5. The minimum atomic E-state index is -0.535. The molecule has 0 spiro atoms. The fourth-order valence-corrected chi connectivity index (χ4v) is 2.52. The second kappa shape index (κ2) is 5.00. The summed E-state index contributed by atoms with van der Waals surface area (Å²) in [6.07, 6.45) is 1.61. The van der Waals surface area contributed by atoms with Gasteiger partial charge in [-0.05, 0) is 6.92 Å². The zero-order valence-corrected chi connectivity index (χ0v) is 11.6. The Morgan fingerprint density at radius 3 is 3.10 bits per heavy atom. The number of fused-ring (bicyclic) bond motifs is 1. The lowest BCUT2D eigenvalue weighted by atomic mass is 9.91. The predicted molar refractivity (Wildman–Crippen MR) is 70.7 cm³/mol. The van der Waals surface area contributed by atoms with Crippen molar-refractivity contribution in [2.75, 3.05) is 12.4 Å². The van der Waals surface area contributed by atoms with Crippen LogP contribution < -0.4 is 5.32 Å². The summed E-state index contributed by atoms with van der Waals surface area (Å²) in [7, 11) is 1.29. The predicted octanol–water partition coefficient (Wildman–Crippen LogP) is 0.282. The van der Waals surface area contributed by atoms with Crippen LogP contribution in [0.15, 0.2) is 6.33 Å². The number of nitrogens with zero attached hydrogens (tertiary/aromatic N) is 4. The van der Waals surface area contributed by atoms with Gasteiger partial charge in [-0.15, -0.1) is 0 Å². The van der Waals surface area contributed by atoms with Crippen LogP contribution in [0.5, 0.6) is 0 Å². The molecule has 9 nitrogen and oxygen atoms in total. The van der Waals surface area contributed by atoms with Crippen molar-refractivity contribution in [3.63, 3.8) is 0 Å². The Kier molecular flexibility index (Phi) is 3.16. The minimum Gasteiger partial charge on any atom is -0.464 e. The third kappa shape index (κ3) is 2.06. The van der Waals surface area contributed by atoms with Gasteiger partial charge in [-0.3, -0.25) is 9.89 Å². The van der Waals surface area contributed by atoms with Gasteiger partial charge in [-0.2, -0.15) is 10.2 Å². The maximum absolute atomic E-state index is 11.8. The number of nitrogens with one attached hydrogen (secondary N) is 2. The van der Waals surface area contributed by atoms with Gasteiger partial charge in [0, 0.05) is 18.5 Å². The zero-order chi connectivity index (χ0) is 15.0. The van der Waals surface area contributed by atoms with E-state index in [1.54, 1.807) is 4.68 Å². The highest BCUT2D eigenvalue weighted by Crippen LogP contribution is 2.37. The highest BCUT2D eigenvalue weighted by atomic mass is 16.5. The first-order valence-corrected chi connectivity index (χ1v) is 6.49. The number of carbonyl (C=O) groups is 2. The first-order chi connectivity index (χ1) is 10.2. The highest BCUT2D eigenvalue weighted by Gasteiger charge is 2.36. The molecule has 2 N–H and O–H groups in total. The third-order valence-electron chi connectivity index (χ3n) is 3.45. The first kappa shape index (κ1) is 13.3. The molecule has 1 atom stereocenters. The minimum absolute atomic E-state index is 0.176. The Morgan fingerprint density at radius 1 is 1.57 bits per heavy atom. The summed E-state index contributed by atoms with van der Waals surface area (Å²) < 4.78 is 6.44. The highest BCUT2D eigenvalue weighted by molar-refractivity contribution is 5.98. The number of hydrogen-bond acceptors (Lipinski definition) is 6. The summed E-state index contributed by atoms with van der Waals surface area (Å²) in [6, 6.07) is 0. The average Bonchev–Trinajstić information content (AvgIpc) is 3.11. The Bertz CT molecular complexity index is 704. The van der Waals surface area contributed by atoms with Crippen LogP contribution in [0.4, 0.5) is 5.82 Å². The molecule has 9 heteroatoms. The van der Waals surface area contributed by atoms with E-state index in [-0.39, 0.29) is 23.9 Å². The van der Waals surface area contributed by atoms with Crippen LogP contribution >= 0.6 is 0 Å². The molecular formula is C12H14N6O3. The molecule has 21 heavy (non-hydrogen) atoms. The lowest BCUT2D eigenvalue weighted by Crippen LogP contribution is -2.26. The van der Waals surface area contributed by atoms with E-state index in [9.17, 15) is 9.59 Å². The molecule has 1 aliphatic rings. The number of aromatic amines is 1. The molecule has 1 aliphatic heterocycles. The van der Waals surface area contributed by atoms with Crippen LogP contribution in [-0.2, 0) is 16.1 Å². The maximum atomic E-state index is 11.8. The molecule has 0 saturated heterocycles. The fourth-order valence-electron chi connectivity index (χ4n) is 2.52. The van der Waals surface area contributed by atoms with E-state index < -0.39 is 5.97 Å². The third-order valence-corrected chi connectivity index (χ3v) is 3.45. The van der Waals surface area contributed by atoms with Crippen molar-refractivity contribution in [1.82, 2.24) is 25.0 Å². The van der Waals surface area contributed by atoms with Gasteiger partial charge in [0.1, 0.15) is 17.8 Å². The van der Waals surface area contributed by atoms with Gasteiger partial charge in [0.05, 0.1) is 13.0 Å². The lowest BCUT2D eigenvalue weighted by molar-refractivity contribution is -0.116. The normalized spacial score (nSPS) is 17.2. The van der Waals surface area contributed by atoms with Gasteiger partial charge < -0.3 is 10.1 Å². The second-order valence-corrected chi connectivity index (χ2v) is 4.59. The van der Waals surface area contributed by atoms with E-state index in [4.69, 9.17) is 4.74 Å². The van der Waals surface area contributed by atoms with E-state index in [0.29, 0.717) is 23.8 Å².